The van der Waals surface area contributed by atoms with Crippen LogP contribution in [0.5, 0.6) is 0 Å². The van der Waals surface area contributed by atoms with Crippen LogP contribution < -0.4 is 9.62 Å². The Balaban J connectivity index is 1.73. The molecule has 0 unspecified atom stereocenters. The Bertz CT molecular complexity index is 1510. The molecule has 1 N–H and O–H groups in total. The SMILES string of the molecule is CC[C@@H](C(=O)NC1CCCC1)N(Cc1ccc(Cl)cc1Cl)C(=O)CN(c1ccc(C)cc1)S(=O)(=O)c1ccc(C)cc1. The van der Waals surface area contributed by atoms with E-state index in [1.165, 1.54) is 17.0 Å². The molecule has 1 saturated carbocycles. The van der Waals surface area contributed by atoms with E-state index in [9.17, 15) is 18.0 Å². The van der Waals surface area contributed by atoms with Gasteiger partial charge in [0.05, 0.1) is 10.6 Å². The van der Waals surface area contributed by atoms with Gasteiger partial charge in [0.25, 0.3) is 10.0 Å². The van der Waals surface area contributed by atoms with Crippen LogP contribution in [-0.2, 0) is 26.2 Å². The van der Waals surface area contributed by atoms with Crippen LogP contribution in [0.25, 0.3) is 0 Å². The van der Waals surface area contributed by atoms with E-state index in [1.54, 1.807) is 54.6 Å². The molecular formula is C32H37Cl2N3O4S. The maximum atomic E-state index is 14.2. The van der Waals surface area contributed by atoms with Gasteiger partial charge in [-0.25, -0.2) is 8.42 Å². The second-order valence-corrected chi connectivity index (χ2v) is 13.5. The number of aryl methyl sites for hydroxylation is 2. The van der Waals surface area contributed by atoms with E-state index in [-0.39, 0.29) is 23.4 Å². The molecule has 0 bridgehead atoms. The Hall–Kier alpha value is -3.07. The standard InChI is InChI=1S/C32H37Cl2N3O4S/c1-4-30(32(39)35-26-7-5-6-8-26)36(20-24-13-14-25(33)19-29(24)34)31(38)21-37(27-15-9-22(2)10-16-27)42(40,41)28-17-11-23(3)12-18-28/h9-19,26,30H,4-8,20-21H2,1-3H3,(H,35,39)/t30-/m0/s1. The van der Waals surface area contributed by atoms with Crippen LogP contribution in [-0.4, -0.2) is 43.8 Å². The smallest absolute Gasteiger partial charge is 0.264 e. The number of carbonyl (C=O) groups excluding carboxylic acids is 2. The van der Waals surface area contributed by atoms with E-state index < -0.39 is 28.5 Å². The zero-order valence-electron chi connectivity index (χ0n) is 24.1. The third kappa shape index (κ3) is 7.65. The minimum atomic E-state index is -4.13. The van der Waals surface area contributed by atoms with Gasteiger partial charge in [0.1, 0.15) is 12.6 Å². The van der Waals surface area contributed by atoms with Gasteiger partial charge in [0.2, 0.25) is 11.8 Å². The molecule has 42 heavy (non-hydrogen) atoms. The monoisotopic (exact) mass is 629 g/mol. The molecule has 1 fully saturated rings. The molecule has 1 atom stereocenters. The molecule has 2 amide bonds. The number of sulfonamides is 1. The minimum Gasteiger partial charge on any atom is -0.352 e. The first-order chi connectivity index (χ1) is 20.0. The van der Waals surface area contributed by atoms with Crippen molar-refractivity contribution in [3.63, 3.8) is 0 Å². The maximum absolute atomic E-state index is 14.2. The van der Waals surface area contributed by atoms with Gasteiger partial charge in [-0.05, 0) is 75.1 Å². The molecule has 0 heterocycles. The van der Waals surface area contributed by atoms with Gasteiger partial charge in [-0.1, -0.05) is 84.4 Å². The summed E-state index contributed by atoms with van der Waals surface area (Å²) in [7, 11) is -4.13. The number of halogens is 2. The van der Waals surface area contributed by atoms with E-state index in [0.717, 1.165) is 41.1 Å². The molecule has 1 aliphatic carbocycles. The van der Waals surface area contributed by atoms with Crippen molar-refractivity contribution in [1.29, 1.82) is 0 Å². The van der Waals surface area contributed by atoms with Crippen molar-refractivity contribution in [2.24, 2.45) is 0 Å². The molecule has 3 aromatic rings. The second kappa shape index (κ2) is 13.9. The average Bonchev–Trinajstić information content (AvgIpc) is 3.46. The van der Waals surface area contributed by atoms with E-state index >= 15 is 0 Å². The zero-order valence-corrected chi connectivity index (χ0v) is 26.5. The van der Waals surface area contributed by atoms with Crippen LogP contribution in [0.1, 0.15) is 55.7 Å². The summed E-state index contributed by atoms with van der Waals surface area (Å²) in [6.45, 7) is 5.12. The van der Waals surface area contributed by atoms with E-state index in [0.29, 0.717) is 27.7 Å². The van der Waals surface area contributed by atoms with E-state index in [2.05, 4.69) is 5.32 Å². The molecular weight excluding hydrogens is 593 g/mol. The van der Waals surface area contributed by atoms with Gasteiger partial charge < -0.3 is 10.2 Å². The summed E-state index contributed by atoms with van der Waals surface area (Å²) in [6, 6.07) is 17.7. The number of rotatable bonds is 11. The first-order valence-corrected chi connectivity index (χ1v) is 16.4. The fraction of sp³-hybridized carbons (Fsp3) is 0.375. The highest BCUT2D eigenvalue weighted by molar-refractivity contribution is 7.92. The Morgan fingerprint density at radius 1 is 0.929 bits per heavy atom. The van der Waals surface area contributed by atoms with Crippen molar-refractivity contribution in [2.75, 3.05) is 10.8 Å². The molecule has 224 valence electrons. The quantitative estimate of drug-likeness (QED) is 0.256. The van der Waals surface area contributed by atoms with Crippen molar-refractivity contribution < 1.29 is 18.0 Å². The lowest BCUT2D eigenvalue weighted by Gasteiger charge is -2.34. The van der Waals surface area contributed by atoms with Gasteiger partial charge in [-0.15, -0.1) is 0 Å². The predicted molar refractivity (Wildman–Crippen MR) is 168 cm³/mol. The van der Waals surface area contributed by atoms with Gasteiger partial charge in [0.15, 0.2) is 0 Å². The molecule has 3 aromatic carbocycles. The summed E-state index contributed by atoms with van der Waals surface area (Å²) < 4.78 is 29.1. The fourth-order valence-corrected chi connectivity index (χ4v) is 7.08. The molecule has 0 saturated heterocycles. The highest BCUT2D eigenvalue weighted by atomic mass is 35.5. The second-order valence-electron chi connectivity index (χ2n) is 10.8. The van der Waals surface area contributed by atoms with Crippen LogP contribution in [0.3, 0.4) is 0 Å². The molecule has 0 radical (unpaired) electrons. The maximum Gasteiger partial charge on any atom is 0.264 e. The summed E-state index contributed by atoms with van der Waals surface area (Å²) in [4.78, 5) is 29.3. The minimum absolute atomic E-state index is 0.0117. The third-order valence-corrected chi connectivity index (χ3v) is 10.0. The number of carbonyl (C=O) groups is 2. The Labute approximate surface area is 258 Å². The van der Waals surface area contributed by atoms with Crippen LogP contribution in [0.4, 0.5) is 5.69 Å². The van der Waals surface area contributed by atoms with Gasteiger partial charge in [-0.3, -0.25) is 13.9 Å². The molecule has 0 aliphatic heterocycles. The summed E-state index contributed by atoms with van der Waals surface area (Å²) in [5.74, 6) is -0.781. The third-order valence-electron chi connectivity index (χ3n) is 7.65. The number of nitrogens with zero attached hydrogens (tertiary/aromatic N) is 2. The molecule has 1 aliphatic rings. The van der Waals surface area contributed by atoms with Crippen molar-refractivity contribution in [3.8, 4) is 0 Å². The number of amides is 2. The summed E-state index contributed by atoms with van der Waals surface area (Å²) >= 11 is 12.6. The largest absolute Gasteiger partial charge is 0.352 e. The van der Waals surface area contributed by atoms with Crippen molar-refractivity contribution in [2.45, 2.75) is 76.4 Å². The van der Waals surface area contributed by atoms with Gasteiger partial charge >= 0.3 is 0 Å². The Morgan fingerprint density at radius 3 is 2.10 bits per heavy atom. The van der Waals surface area contributed by atoms with Gasteiger partial charge in [0, 0.05) is 22.6 Å². The lowest BCUT2D eigenvalue weighted by atomic mass is 10.1. The Kier molecular flexibility index (Phi) is 10.6. The normalized spacial score (nSPS) is 14.4. The highest BCUT2D eigenvalue weighted by Gasteiger charge is 2.34. The first kappa shape index (κ1) is 31.9. The van der Waals surface area contributed by atoms with Crippen LogP contribution in [0.15, 0.2) is 71.6 Å². The molecule has 10 heteroatoms. The van der Waals surface area contributed by atoms with Crippen molar-refractivity contribution >= 4 is 50.7 Å². The number of benzene rings is 3. The zero-order chi connectivity index (χ0) is 30.4. The fourth-order valence-electron chi connectivity index (χ4n) is 5.20. The number of hydrogen-bond donors (Lipinski definition) is 1. The van der Waals surface area contributed by atoms with Crippen LogP contribution >= 0.6 is 23.2 Å². The summed E-state index contributed by atoms with van der Waals surface area (Å²) in [6.07, 6.45) is 4.23. The topological polar surface area (TPSA) is 86.8 Å². The highest BCUT2D eigenvalue weighted by Crippen LogP contribution is 2.28. The summed E-state index contributed by atoms with van der Waals surface area (Å²) in [5, 5.41) is 3.91. The molecule has 7 nitrogen and oxygen atoms in total. The lowest BCUT2D eigenvalue weighted by molar-refractivity contribution is -0.140. The number of nitrogens with one attached hydrogen (secondary N) is 1. The van der Waals surface area contributed by atoms with Crippen LogP contribution in [0, 0.1) is 13.8 Å². The first-order valence-electron chi connectivity index (χ1n) is 14.2. The molecule has 4 rings (SSSR count). The molecule has 0 spiro atoms. The molecule has 0 aromatic heterocycles. The van der Waals surface area contributed by atoms with E-state index in [4.69, 9.17) is 23.2 Å². The Morgan fingerprint density at radius 2 is 1.52 bits per heavy atom. The lowest BCUT2D eigenvalue weighted by Crippen LogP contribution is -2.53. The number of hydrogen-bond acceptors (Lipinski definition) is 4. The predicted octanol–water partition coefficient (Wildman–Crippen LogP) is 6.67. The van der Waals surface area contributed by atoms with Crippen LogP contribution in [0.2, 0.25) is 10.0 Å². The van der Waals surface area contributed by atoms with E-state index in [1.807, 2.05) is 20.8 Å². The van der Waals surface area contributed by atoms with Gasteiger partial charge in [-0.2, -0.15) is 0 Å². The van der Waals surface area contributed by atoms with Crippen molar-refractivity contribution in [3.05, 3.63) is 93.5 Å². The average molecular weight is 631 g/mol. The van der Waals surface area contributed by atoms with Crippen molar-refractivity contribution in [1.82, 2.24) is 10.2 Å². The number of anilines is 1. The summed E-state index contributed by atoms with van der Waals surface area (Å²) in [5.41, 5.74) is 2.82.